The first kappa shape index (κ1) is 17.3. The van der Waals surface area contributed by atoms with Gasteiger partial charge in [0.05, 0.1) is 0 Å². The van der Waals surface area contributed by atoms with Crippen molar-refractivity contribution in [2.45, 2.75) is 58.9 Å². The minimum atomic E-state index is -0.364. The number of aryl methyl sites for hydroxylation is 1. The lowest BCUT2D eigenvalue weighted by atomic mass is 9.88. The molecule has 0 radical (unpaired) electrons. The molecule has 0 aliphatic heterocycles. The van der Waals surface area contributed by atoms with Crippen LogP contribution in [-0.2, 0) is 11.8 Å². The molecule has 0 spiro atoms. The minimum absolute atomic E-state index is 0.130. The van der Waals surface area contributed by atoms with E-state index in [4.69, 9.17) is 4.52 Å². The zero-order valence-corrected chi connectivity index (χ0v) is 14.9. The molecule has 1 aromatic heterocycles. The summed E-state index contributed by atoms with van der Waals surface area (Å²) in [5, 5.41) is 7.21. The number of aromatic nitrogens is 1. The Bertz CT molecular complexity index is 679. The first-order chi connectivity index (χ1) is 10.6. The van der Waals surface area contributed by atoms with Gasteiger partial charge in [-0.25, -0.2) is 0 Å². The Morgan fingerprint density at radius 3 is 2.30 bits per heavy atom. The van der Waals surface area contributed by atoms with E-state index in [9.17, 15) is 4.79 Å². The average Bonchev–Trinajstić information content (AvgIpc) is 2.80. The average molecular weight is 314 g/mol. The van der Waals surface area contributed by atoms with Gasteiger partial charge in [0.15, 0.2) is 0 Å². The number of carbonyl (C=O) groups is 1. The van der Waals surface area contributed by atoms with Crippen LogP contribution in [0.3, 0.4) is 0 Å². The van der Waals surface area contributed by atoms with Crippen molar-refractivity contribution < 1.29 is 9.32 Å². The fourth-order valence-corrected chi connectivity index (χ4v) is 2.67. The molecule has 0 aliphatic rings. The predicted octanol–water partition coefficient (Wildman–Crippen LogP) is 4.03. The second kappa shape index (κ2) is 6.19. The van der Waals surface area contributed by atoms with Crippen molar-refractivity contribution in [3.63, 3.8) is 0 Å². The third-order valence-electron chi connectivity index (χ3n) is 3.74. The van der Waals surface area contributed by atoms with Crippen LogP contribution in [-0.4, -0.2) is 16.6 Å². The van der Waals surface area contributed by atoms with Crippen molar-refractivity contribution in [1.29, 1.82) is 0 Å². The number of rotatable bonds is 4. The van der Waals surface area contributed by atoms with Gasteiger partial charge >= 0.3 is 0 Å². The molecule has 4 heteroatoms. The minimum Gasteiger partial charge on any atom is -0.361 e. The number of nitrogens with zero attached hydrogens (tertiary/aromatic N) is 1. The summed E-state index contributed by atoms with van der Waals surface area (Å²) in [6.45, 7) is 11.9. The monoisotopic (exact) mass is 314 g/mol. The van der Waals surface area contributed by atoms with E-state index in [0.717, 1.165) is 6.42 Å². The zero-order valence-electron chi connectivity index (χ0n) is 14.9. The molecule has 0 atom stereocenters. The maximum Gasteiger partial charge on any atom is 0.257 e. The maximum atomic E-state index is 12.8. The Balaban J connectivity index is 2.20. The number of nitrogens with one attached hydrogen (secondary N) is 1. The van der Waals surface area contributed by atoms with Crippen LogP contribution in [0.1, 0.15) is 62.0 Å². The van der Waals surface area contributed by atoms with Gasteiger partial charge in [-0.2, -0.15) is 0 Å². The molecule has 0 saturated heterocycles. The highest BCUT2D eigenvalue weighted by molar-refractivity contribution is 5.97. The molecule has 0 saturated carbocycles. The first-order valence-corrected chi connectivity index (χ1v) is 7.93. The molecule has 2 aromatic rings. The molecule has 1 heterocycles. The fraction of sp³-hybridized carbons (Fsp3) is 0.474. The number of carbonyl (C=O) groups excluding carboxylic acids is 1. The Hall–Kier alpha value is -2.10. The van der Waals surface area contributed by atoms with Gasteiger partial charge in [0, 0.05) is 11.0 Å². The summed E-state index contributed by atoms with van der Waals surface area (Å²) in [4.78, 5) is 12.8. The van der Waals surface area contributed by atoms with Gasteiger partial charge in [-0.3, -0.25) is 4.79 Å². The number of hydrogen-bond donors (Lipinski definition) is 1. The van der Waals surface area contributed by atoms with E-state index >= 15 is 0 Å². The molecular formula is C19H26N2O2. The van der Waals surface area contributed by atoms with Crippen LogP contribution >= 0.6 is 0 Å². The Kier molecular flexibility index (Phi) is 4.64. The van der Waals surface area contributed by atoms with E-state index < -0.39 is 0 Å². The predicted molar refractivity (Wildman–Crippen MR) is 91.6 cm³/mol. The van der Waals surface area contributed by atoms with Gasteiger partial charge in [-0.1, -0.05) is 56.3 Å². The SMILES string of the molecule is Cc1onc(C(C)(C)C)c1C(=O)NC(C)(C)Cc1ccccc1. The lowest BCUT2D eigenvalue weighted by molar-refractivity contribution is 0.0909. The van der Waals surface area contributed by atoms with Crippen molar-refractivity contribution in [1.82, 2.24) is 10.5 Å². The largest absolute Gasteiger partial charge is 0.361 e. The lowest BCUT2D eigenvalue weighted by Crippen LogP contribution is -2.45. The van der Waals surface area contributed by atoms with Crippen LogP contribution < -0.4 is 5.32 Å². The van der Waals surface area contributed by atoms with E-state index in [1.807, 2.05) is 52.8 Å². The molecule has 1 amide bonds. The molecular weight excluding hydrogens is 288 g/mol. The lowest BCUT2D eigenvalue weighted by Gasteiger charge is -2.27. The third-order valence-corrected chi connectivity index (χ3v) is 3.74. The van der Waals surface area contributed by atoms with Crippen molar-refractivity contribution in [3.05, 3.63) is 52.9 Å². The molecule has 0 bridgehead atoms. The molecule has 4 nitrogen and oxygen atoms in total. The normalized spacial score (nSPS) is 12.3. The smallest absolute Gasteiger partial charge is 0.257 e. The van der Waals surface area contributed by atoms with Gasteiger partial charge in [-0.15, -0.1) is 0 Å². The van der Waals surface area contributed by atoms with Gasteiger partial charge in [-0.05, 0) is 32.8 Å². The molecule has 1 aromatic carbocycles. The summed E-state index contributed by atoms with van der Waals surface area (Å²) in [7, 11) is 0. The second-order valence-electron chi connectivity index (χ2n) is 7.71. The second-order valence-corrected chi connectivity index (χ2v) is 7.71. The van der Waals surface area contributed by atoms with E-state index in [2.05, 4.69) is 22.6 Å². The summed E-state index contributed by atoms with van der Waals surface area (Å²) in [6, 6.07) is 10.1. The third kappa shape index (κ3) is 4.21. The fourth-order valence-electron chi connectivity index (χ4n) is 2.67. The molecule has 23 heavy (non-hydrogen) atoms. The van der Waals surface area contributed by atoms with Gasteiger partial charge in [0.2, 0.25) is 0 Å². The number of amides is 1. The highest BCUT2D eigenvalue weighted by Crippen LogP contribution is 2.27. The number of hydrogen-bond acceptors (Lipinski definition) is 3. The van der Waals surface area contributed by atoms with Crippen LogP contribution in [0, 0.1) is 6.92 Å². The number of benzene rings is 1. The Morgan fingerprint density at radius 1 is 1.13 bits per heavy atom. The molecule has 0 fully saturated rings. The van der Waals surface area contributed by atoms with Crippen LogP contribution in [0.5, 0.6) is 0 Å². The van der Waals surface area contributed by atoms with Crippen molar-refractivity contribution in [2.75, 3.05) is 0 Å². The van der Waals surface area contributed by atoms with Crippen LogP contribution in [0.4, 0.5) is 0 Å². The van der Waals surface area contributed by atoms with Gasteiger partial charge in [0.1, 0.15) is 17.0 Å². The topological polar surface area (TPSA) is 55.1 Å². The first-order valence-electron chi connectivity index (χ1n) is 7.93. The van der Waals surface area contributed by atoms with Crippen molar-refractivity contribution in [2.24, 2.45) is 0 Å². The van der Waals surface area contributed by atoms with Crippen molar-refractivity contribution in [3.8, 4) is 0 Å². The molecule has 0 aliphatic carbocycles. The zero-order chi connectivity index (χ0) is 17.3. The summed E-state index contributed by atoms with van der Waals surface area (Å²) >= 11 is 0. The summed E-state index contributed by atoms with van der Waals surface area (Å²) < 4.78 is 5.27. The highest BCUT2D eigenvalue weighted by Gasteiger charge is 2.31. The van der Waals surface area contributed by atoms with Gasteiger partial charge < -0.3 is 9.84 Å². The molecule has 0 unspecified atom stereocenters. The Labute approximate surface area is 138 Å². The summed E-state index contributed by atoms with van der Waals surface area (Å²) in [5.41, 5.74) is 1.84. The maximum absolute atomic E-state index is 12.8. The van der Waals surface area contributed by atoms with Crippen LogP contribution in [0.25, 0.3) is 0 Å². The summed E-state index contributed by atoms with van der Waals surface area (Å²) in [5.74, 6) is 0.428. The van der Waals surface area contributed by atoms with E-state index in [1.54, 1.807) is 6.92 Å². The van der Waals surface area contributed by atoms with Crippen LogP contribution in [0.15, 0.2) is 34.9 Å². The van der Waals surface area contributed by atoms with Crippen LogP contribution in [0.2, 0.25) is 0 Å². The quantitative estimate of drug-likeness (QED) is 0.927. The molecule has 2 rings (SSSR count). The van der Waals surface area contributed by atoms with E-state index in [-0.39, 0.29) is 16.9 Å². The van der Waals surface area contributed by atoms with Gasteiger partial charge in [0.25, 0.3) is 5.91 Å². The highest BCUT2D eigenvalue weighted by atomic mass is 16.5. The van der Waals surface area contributed by atoms with E-state index in [1.165, 1.54) is 5.56 Å². The van der Waals surface area contributed by atoms with E-state index in [0.29, 0.717) is 17.0 Å². The standard InChI is InChI=1S/C19H26N2O2/c1-13-15(16(21-23-13)18(2,3)4)17(22)20-19(5,6)12-14-10-8-7-9-11-14/h7-11H,12H2,1-6H3,(H,20,22). The van der Waals surface area contributed by atoms with Crippen molar-refractivity contribution >= 4 is 5.91 Å². The molecule has 1 N–H and O–H groups in total. The summed E-state index contributed by atoms with van der Waals surface area (Å²) in [6.07, 6.45) is 0.759. The Morgan fingerprint density at radius 2 is 1.74 bits per heavy atom. The molecule has 124 valence electrons.